The fraction of sp³-hybridized carbons (Fsp3) is 0.0732. The van der Waals surface area contributed by atoms with Gasteiger partial charge in [0, 0.05) is 44.1 Å². The zero-order valence-electron chi connectivity index (χ0n) is 23.8. The minimum absolute atomic E-state index is 0.352. The second-order valence-corrected chi connectivity index (χ2v) is 12.2. The van der Waals surface area contributed by atoms with E-state index in [4.69, 9.17) is 4.42 Å². The van der Waals surface area contributed by atoms with Gasteiger partial charge in [-0.25, -0.2) is 0 Å². The van der Waals surface area contributed by atoms with E-state index >= 15 is 0 Å². The summed E-state index contributed by atoms with van der Waals surface area (Å²) in [6, 6.07) is 42.0. The van der Waals surface area contributed by atoms with E-state index in [2.05, 4.69) is 139 Å². The predicted octanol–water partition coefficient (Wildman–Crippen LogP) is 9.52. The number of benzene rings is 6. The number of hydrogen-bond donors (Lipinski definition) is 0. The maximum Gasteiger partial charge on any atom is 0.160 e. The summed E-state index contributed by atoms with van der Waals surface area (Å²) < 4.78 is 9.32. The fourth-order valence-electron chi connectivity index (χ4n) is 7.68. The molecular formula is C41H27NO. The van der Waals surface area contributed by atoms with E-state index in [0.717, 1.165) is 23.0 Å². The Morgan fingerprint density at radius 2 is 1.35 bits per heavy atom. The number of rotatable bonds is 1. The topological polar surface area (TPSA) is 17.6 Å². The number of para-hydroxylation sites is 1. The summed E-state index contributed by atoms with van der Waals surface area (Å²) in [6.45, 7) is 2.37. The number of fused-ring (bicyclic) bond motifs is 12. The molecule has 0 saturated heterocycles. The van der Waals surface area contributed by atoms with E-state index in [1.807, 2.05) is 0 Å². The van der Waals surface area contributed by atoms with Crippen LogP contribution in [0.4, 0.5) is 0 Å². The molecule has 43 heavy (non-hydrogen) atoms. The lowest BCUT2D eigenvalue weighted by atomic mass is 9.94. The molecule has 1 atom stereocenters. The zero-order chi connectivity index (χ0) is 28.2. The van der Waals surface area contributed by atoms with Crippen molar-refractivity contribution in [1.29, 1.82) is 0 Å². The largest absolute Gasteiger partial charge is 0.454 e. The van der Waals surface area contributed by atoms with Crippen LogP contribution < -0.4 is 10.4 Å². The van der Waals surface area contributed by atoms with Gasteiger partial charge in [0.05, 0.1) is 11.0 Å². The van der Waals surface area contributed by atoms with Gasteiger partial charge in [-0.05, 0) is 69.1 Å². The molecule has 0 fully saturated rings. The van der Waals surface area contributed by atoms with Crippen molar-refractivity contribution in [2.24, 2.45) is 0 Å². The van der Waals surface area contributed by atoms with Gasteiger partial charge in [0.15, 0.2) is 5.58 Å². The van der Waals surface area contributed by atoms with Gasteiger partial charge in [-0.15, -0.1) is 0 Å². The highest BCUT2D eigenvalue weighted by Crippen LogP contribution is 2.45. The number of furan rings is 1. The molecule has 0 amide bonds. The molecule has 0 N–H and O–H groups in total. The quantitative estimate of drug-likeness (QED) is 0.199. The third-order valence-corrected chi connectivity index (χ3v) is 9.73. The highest BCUT2D eigenvalue weighted by Gasteiger charge is 2.26. The third kappa shape index (κ3) is 3.13. The first-order chi connectivity index (χ1) is 21.2. The van der Waals surface area contributed by atoms with Crippen LogP contribution in [0.25, 0.3) is 83.2 Å². The standard InChI is InChI=1S/C41H27NO/c1-24-13-14-25-7-3-5-10-28(25)23-36-32-12-6-11-31-33-18-19-34-35-22-30(29-16-15-26-8-2-4-9-27(26)21-29)17-20-37(35)43-41(34)40(33)42(38(24)36)39(31)32/h2-12,14-24H,13H2,1H3. The molecule has 1 aliphatic carbocycles. The molecule has 3 aromatic heterocycles. The first-order valence-electron chi connectivity index (χ1n) is 15.2. The van der Waals surface area contributed by atoms with Gasteiger partial charge in [-0.3, -0.25) is 0 Å². The molecule has 0 saturated carbocycles. The highest BCUT2D eigenvalue weighted by molar-refractivity contribution is 6.24. The average molecular weight is 550 g/mol. The Morgan fingerprint density at radius 1 is 0.605 bits per heavy atom. The molecule has 6 aromatic carbocycles. The van der Waals surface area contributed by atoms with Gasteiger partial charge in [-0.1, -0.05) is 104 Å². The van der Waals surface area contributed by atoms with Gasteiger partial charge < -0.3 is 8.82 Å². The lowest BCUT2D eigenvalue weighted by Crippen LogP contribution is -2.25. The third-order valence-electron chi connectivity index (χ3n) is 9.73. The van der Waals surface area contributed by atoms with Crippen molar-refractivity contribution in [3.63, 3.8) is 0 Å². The average Bonchev–Trinajstić information content (AvgIpc) is 3.69. The van der Waals surface area contributed by atoms with E-state index < -0.39 is 0 Å². The highest BCUT2D eigenvalue weighted by atomic mass is 16.3. The van der Waals surface area contributed by atoms with Gasteiger partial charge >= 0.3 is 0 Å². The van der Waals surface area contributed by atoms with Crippen molar-refractivity contribution in [1.82, 2.24) is 4.40 Å². The Bertz CT molecular complexity index is 2720. The number of aromatic nitrogens is 1. The van der Waals surface area contributed by atoms with E-state index in [-0.39, 0.29) is 0 Å². The molecule has 2 heteroatoms. The van der Waals surface area contributed by atoms with Gasteiger partial charge in [0.2, 0.25) is 0 Å². The molecule has 0 spiro atoms. The summed E-state index contributed by atoms with van der Waals surface area (Å²) in [6.07, 6.45) is 5.79. The molecule has 0 radical (unpaired) electrons. The Balaban J connectivity index is 1.29. The van der Waals surface area contributed by atoms with Crippen LogP contribution in [-0.4, -0.2) is 4.40 Å². The molecule has 10 rings (SSSR count). The SMILES string of the molecule is CC1CC=c2ccccc2=Cc2c1n1c3c2cccc3c2ccc3c4cc(-c5ccc6ccccc6c5)ccc4oc3c21. The van der Waals surface area contributed by atoms with E-state index in [9.17, 15) is 0 Å². The smallest absolute Gasteiger partial charge is 0.160 e. The molecule has 0 aliphatic heterocycles. The first-order valence-corrected chi connectivity index (χ1v) is 15.2. The summed E-state index contributed by atoms with van der Waals surface area (Å²) >= 11 is 0. The zero-order valence-corrected chi connectivity index (χ0v) is 23.8. The molecule has 1 aliphatic rings. The van der Waals surface area contributed by atoms with Crippen LogP contribution in [0.15, 0.2) is 120 Å². The van der Waals surface area contributed by atoms with Crippen LogP contribution in [0.2, 0.25) is 0 Å². The van der Waals surface area contributed by atoms with Crippen LogP contribution in [0.5, 0.6) is 0 Å². The lowest BCUT2D eigenvalue weighted by molar-refractivity contribution is 0.670. The molecule has 202 valence electrons. The molecule has 1 unspecified atom stereocenters. The van der Waals surface area contributed by atoms with Crippen molar-refractivity contribution in [2.75, 3.05) is 0 Å². The second-order valence-electron chi connectivity index (χ2n) is 12.2. The van der Waals surface area contributed by atoms with Crippen molar-refractivity contribution < 1.29 is 4.42 Å². The summed E-state index contributed by atoms with van der Waals surface area (Å²) in [4.78, 5) is 0. The Labute approximate surface area is 247 Å². The van der Waals surface area contributed by atoms with E-state index in [1.54, 1.807) is 0 Å². The van der Waals surface area contributed by atoms with Crippen molar-refractivity contribution in [2.45, 2.75) is 19.3 Å². The summed E-state index contributed by atoms with van der Waals surface area (Å²) in [5, 5.41) is 11.3. The van der Waals surface area contributed by atoms with E-state index in [1.165, 1.54) is 76.2 Å². The lowest BCUT2D eigenvalue weighted by Gasteiger charge is -2.14. The maximum absolute atomic E-state index is 6.79. The molecule has 0 bridgehead atoms. The molecular weight excluding hydrogens is 522 g/mol. The van der Waals surface area contributed by atoms with Gasteiger partial charge in [0.1, 0.15) is 5.58 Å². The van der Waals surface area contributed by atoms with Crippen molar-refractivity contribution >= 4 is 72.1 Å². The second kappa shape index (κ2) is 8.36. The number of nitrogens with zero attached hydrogens (tertiary/aromatic N) is 1. The Kier molecular flexibility index (Phi) is 4.52. The van der Waals surface area contributed by atoms with Crippen LogP contribution in [0.1, 0.15) is 30.5 Å². The first kappa shape index (κ1) is 23.2. The van der Waals surface area contributed by atoms with Crippen LogP contribution in [-0.2, 0) is 0 Å². The summed E-state index contributed by atoms with van der Waals surface area (Å²) in [5.74, 6) is 0.352. The monoisotopic (exact) mass is 549 g/mol. The van der Waals surface area contributed by atoms with E-state index in [0.29, 0.717) is 5.92 Å². The minimum atomic E-state index is 0.352. The molecule has 2 nitrogen and oxygen atoms in total. The van der Waals surface area contributed by atoms with Crippen molar-refractivity contribution in [3.05, 3.63) is 137 Å². The van der Waals surface area contributed by atoms with Gasteiger partial charge in [-0.2, -0.15) is 0 Å². The summed E-state index contributed by atoms with van der Waals surface area (Å²) in [5.41, 5.74) is 9.51. The van der Waals surface area contributed by atoms with Crippen LogP contribution in [0, 0.1) is 0 Å². The molecule has 9 aromatic rings. The minimum Gasteiger partial charge on any atom is -0.454 e. The Hall–Kier alpha value is -5.34. The molecule has 3 heterocycles. The predicted molar refractivity (Wildman–Crippen MR) is 181 cm³/mol. The normalized spacial score (nSPS) is 15.1. The fourth-order valence-corrected chi connectivity index (χ4v) is 7.68. The van der Waals surface area contributed by atoms with Crippen LogP contribution >= 0.6 is 0 Å². The Morgan fingerprint density at radius 3 is 2.28 bits per heavy atom. The number of hydrogen-bond acceptors (Lipinski definition) is 1. The van der Waals surface area contributed by atoms with Crippen LogP contribution in [0.3, 0.4) is 0 Å². The van der Waals surface area contributed by atoms with Crippen molar-refractivity contribution in [3.8, 4) is 11.1 Å². The summed E-state index contributed by atoms with van der Waals surface area (Å²) in [7, 11) is 0. The maximum atomic E-state index is 6.79. The van der Waals surface area contributed by atoms with Gasteiger partial charge in [0.25, 0.3) is 0 Å².